The summed E-state index contributed by atoms with van der Waals surface area (Å²) in [5.74, 6) is 0.223. The van der Waals surface area contributed by atoms with Gasteiger partial charge >= 0.3 is 0 Å². The molecule has 0 aliphatic carbocycles. The van der Waals surface area contributed by atoms with Crippen LogP contribution in [0.2, 0.25) is 0 Å². The zero-order valence-corrected chi connectivity index (χ0v) is 14.6. The number of nitrogens with one attached hydrogen (secondary N) is 1. The Hall–Kier alpha value is -2.63. The maximum Gasteiger partial charge on any atom is 0.276 e. The number of piperidine rings is 1. The Morgan fingerprint density at radius 2 is 2.04 bits per heavy atom. The fourth-order valence-corrected chi connectivity index (χ4v) is 3.05. The van der Waals surface area contributed by atoms with Crippen LogP contribution in [0.3, 0.4) is 0 Å². The van der Waals surface area contributed by atoms with Crippen LogP contribution in [0.1, 0.15) is 37.2 Å². The molecule has 1 aromatic carbocycles. The predicted octanol–water partition coefficient (Wildman–Crippen LogP) is 2.72. The van der Waals surface area contributed by atoms with E-state index in [1.807, 2.05) is 44.2 Å². The molecular weight excluding hydrogens is 318 g/mol. The van der Waals surface area contributed by atoms with Crippen molar-refractivity contribution < 1.29 is 14.1 Å². The van der Waals surface area contributed by atoms with Gasteiger partial charge in [-0.25, -0.2) is 0 Å². The van der Waals surface area contributed by atoms with E-state index in [0.717, 1.165) is 18.4 Å². The van der Waals surface area contributed by atoms with Crippen molar-refractivity contribution in [1.82, 2.24) is 15.4 Å². The number of benzene rings is 1. The lowest BCUT2D eigenvalue weighted by Gasteiger charge is -2.31. The maximum atomic E-state index is 12.7. The second-order valence-electron chi connectivity index (χ2n) is 6.70. The van der Waals surface area contributed by atoms with E-state index in [-0.39, 0.29) is 29.5 Å². The van der Waals surface area contributed by atoms with Crippen LogP contribution < -0.4 is 5.32 Å². The number of hydrogen-bond acceptors (Lipinski definition) is 4. The van der Waals surface area contributed by atoms with Gasteiger partial charge in [-0.2, -0.15) is 0 Å². The summed E-state index contributed by atoms with van der Waals surface area (Å²) in [4.78, 5) is 26.6. The Labute approximate surface area is 147 Å². The molecule has 0 spiro atoms. The molecule has 2 amide bonds. The van der Waals surface area contributed by atoms with Gasteiger partial charge in [-0.1, -0.05) is 35.5 Å². The van der Waals surface area contributed by atoms with E-state index in [9.17, 15) is 9.59 Å². The second-order valence-corrected chi connectivity index (χ2v) is 6.70. The highest BCUT2D eigenvalue weighted by Gasteiger charge is 2.30. The molecule has 1 aromatic heterocycles. The van der Waals surface area contributed by atoms with Crippen LogP contribution in [0.25, 0.3) is 11.3 Å². The monoisotopic (exact) mass is 341 g/mol. The molecule has 3 rings (SSSR count). The summed E-state index contributed by atoms with van der Waals surface area (Å²) >= 11 is 0. The summed E-state index contributed by atoms with van der Waals surface area (Å²) in [6.07, 6.45) is 1.61. The lowest BCUT2D eigenvalue weighted by atomic mass is 9.96. The molecule has 132 valence electrons. The van der Waals surface area contributed by atoms with Crippen molar-refractivity contribution in [2.24, 2.45) is 5.92 Å². The van der Waals surface area contributed by atoms with Crippen molar-refractivity contribution in [3.63, 3.8) is 0 Å². The first-order chi connectivity index (χ1) is 12.0. The van der Waals surface area contributed by atoms with Gasteiger partial charge < -0.3 is 14.7 Å². The van der Waals surface area contributed by atoms with E-state index in [0.29, 0.717) is 18.8 Å². The SMILES string of the molecule is CC(C)NC(=O)[C@@H]1CCCN(C(=O)c2cc(-c3ccccc3)on2)C1. The number of likely N-dealkylation sites (tertiary alicyclic amines) is 1. The van der Waals surface area contributed by atoms with E-state index in [1.54, 1.807) is 11.0 Å². The predicted molar refractivity (Wildman–Crippen MR) is 93.8 cm³/mol. The molecule has 2 aromatic rings. The highest BCUT2D eigenvalue weighted by atomic mass is 16.5. The number of aromatic nitrogens is 1. The molecule has 0 bridgehead atoms. The van der Waals surface area contributed by atoms with Gasteiger partial charge in [-0.15, -0.1) is 0 Å². The van der Waals surface area contributed by atoms with Crippen molar-refractivity contribution in [1.29, 1.82) is 0 Å². The first-order valence-electron chi connectivity index (χ1n) is 8.66. The molecule has 25 heavy (non-hydrogen) atoms. The van der Waals surface area contributed by atoms with Gasteiger partial charge in [-0.3, -0.25) is 9.59 Å². The second kappa shape index (κ2) is 7.51. The molecule has 6 nitrogen and oxygen atoms in total. The van der Waals surface area contributed by atoms with Crippen LogP contribution >= 0.6 is 0 Å². The standard InChI is InChI=1S/C19H23N3O3/c1-13(2)20-18(23)15-9-6-10-22(12-15)19(24)16-11-17(25-21-16)14-7-4-3-5-8-14/h3-5,7-8,11,13,15H,6,9-10,12H2,1-2H3,(H,20,23)/t15-/m1/s1. The number of nitrogens with zero attached hydrogens (tertiary/aromatic N) is 2. The number of carbonyl (C=O) groups is 2. The molecule has 1 fully saturated rings. The Morgan fingerprint density at radius 1 is 1.28 bits per heavy atom. The summed E-state index contributed by atoms with van der Waals surface area (Å²) < 4.78 is 5.31. The third-order valence-electron chi connectivity index (χ3n) is 4.30. The molecule has 0 unspecified atom stereocenters. The minimum atomic E-state index is -0.187. The largest absolute Gasteiger partial charge is 0.355 e. The summed E-state index contributed by atoms with van der Waals surface area (Å²) in [5, 5.41) is 6.85. The fraction of sp³-hybridized carbons (Fsp3) is 0.421. The Bertz CT molecular complexity index is 739. The quantitative estimate of drug-likeness (QED) is 0.928. The molecule has 2 heterocycles. The van der Waals surface area contributed by atoms with Gasteiger partial charge in [0.1, 0.15) is 0 Å². The van der Waals surface area contributed by atoms with Crippen LogP contribution in [0, 0.1) is 5.92 Å². The van der Waals surface area contributed by atoms with E-state index in [4.69, 9.17) is 4.52 Å². The third-order valence-corrected chi connectivity index (χ3v) is 4.30. The highest BCUT2D eigenvalue weighted by Crippen LogP contribution is 2.23. The van der Waals surface area contributed by atoms with E-state index >= 15 is 0 Å². The molecule has 1 aliphatic rings. The molecule has 1 N–H and O–H groups in total. The third kappa shape index (κ3) is 4.07. The lowest BCUT2D eigenvalue weighted by Crippen LogP contribution is -2.46. The fourth-order valence-electron chi connectivity index (χ4n) is 3.05. The zero-order valence-electron chi connectivity index (χ0n) is 14.6. The zero-order chi connectivity index (χ0) is 17.8. The molecule has 1 saturated heterocycles. The van der Waals surface area contributed by atoms with Crippen molar-refractivity contribution >= 4 is 11.8 Å². The van der Waals surface area contributed by atoms with Crippen LogP contribution in [-0.4, -0.2) is 41.0 Å². The van der Waals surface area contributed by atoms with Crippen molar-refractivity contribution in [3.05, 3.63) is 42.1 Å². The molecule has 0 radical (unpaired) electrons. The normalized spacial score (nSPS) is 17.6. The number of amides is 2. The summed E-state index contributed by atoms with van der Waals surface area (Å²) in [7, 11) is 0. The van der Waals surface area contributed by atoms with Gasteiger partial charge in [0.05, 0.1) is 5.92 Å². The van der Waals surface area contributed by atoms with Crippen molar-refractivity contribution in [3.8, 4) is 11.3 Å². The van der Waals surface area contributed by atoms with Crippen molar-refractivity contribution in [2.75, 3.05) is 13.1 Å². The van der Waals surface area contributed by atoms with E-state index in [2.05, 4.69) is 10.5 Å². The van der Waals surface area contributed by atoms with Gasteiger partial charge in [-0.05, 0) is 26.7 Å². The first kappa shape index (κ1) is 17.2. The van der Waals surface area contributed by atoms with Gasteiger partial charge in [0.25, 0.3) is 5.91 Å². The average molecular weight is 341 g/mol. The number of carbonyl (C=O) groups excluding carboxylic acids is 2. The number of rotatable bonds is 4. The minimum Gasteiger partial charge on any atom is -0.355 e. The molecule has 0 saturated carbocycles. The summed E-state index contributed by atoms with van der Waals surface area (Å²) in [6, 6.07) is 11.3. The smallest absolute Gasteiger partial charge is 0.276 e. The van der Waals surface area contributed by atoms with Crippen LogP contribution in [0.4, 0.5) is 0 Å². The molecule has 1 aliphatic heterocycles. The minimum absolute atomic E-state index is 0.0117. The van der Waals surface area contributed by atoms with Crippen LogP contribution in [0.5, 0.6) is 0 Å². The molecule has 1 atom stereocenters. The Balaban J connectivity index is 1.68. The highest BCUT2D eigenvalue weighted by molar-refractivity contribution is 5.93. The topological polar surface area (TPSA) is 75.4 Å². The maximum absolute atomic E-state index is 12.7. The van der Waals surface area contributed by atoms with Gasteiger partial charge in [0.2, 0.25) is 5.91 Å². The molecular formula is C19H23N3O3. The average Bonchev–Trinajstić information content (AvgIpc) is 3.11. The summed E-state index contributed by atoms with van der Waals surface area (Å²) in [6.45, 7) is 4.93. The van der Waals surface area contributed by atoms with E-state index < -0.39 is 0 Å². The number of hydrogen-bond donors (Lipinski definition) is 1. The van der Waals surface area contributed by atoms with Crippen LogP contribution in [-0.2, 0) is 4.79 Å². The van der Waals surface area contributed by atoms with Gasteiger partial charge in [0.15, 0.2) is 11.5 Å². The van der Waals surface area contributed by atoms with Gasteiger partial charge in [0, 0.05) is 30.8 Å². The van der Waals surface area contributed by atoms with E-state index in [1.165, 1.54) is 0 Å². The van der Waals surface area contributed by atoms with Crippen LogP contribution in [0.15, 0.2) is 40.9 Å². The summed E-state index contributed by atoms with van der Waals surface area (Å²) in [5.41, 5.74) is 1.16. The Morgan fingerprint density at radius 3 is 2.76 bits per heavy atom. The van der Waals surface area contributed by atoms with Crippen molar-refractivity contribution in [2.45, 2.75) is 32.7 Å². The molecule has 6 heteroatoms. The lowest BCUT2D eigenvalue weighted by molar-refractivity contribution is -0.126. The Kier molecular flexibility index (Phi) is 5.16. The first-order valence-corrected chi connectivity index (χ1v) is 8.66.